The van der Waals surface area contributed by atoms with Crippen LogP contribution in [0.2, 0.25) is 0 Å². The first-order valence-electron chi connectivity index (χ1n) is 6.78. The van der Waals surface area contributed by atoms with Crippen LogP contribution >= 0.6 is 0 Å². The molecule has 1 atom stereocenters. The van der Waals surface area contributed by atoms with Crippen LogP contribution in [-0.2, 0) is 16.1 Å². The summed E-state index contributed by atoms with van der Waals surface area (Å²) < 4.78 is 5.36. The van der Waals surface area contributed by atoms with E-state index in [-0.39, 0.29) is 12.5 Å². The van der Waals surface area contributed by atoms with Gasteiger partial charge < -0.3 is 19.6 Å². The average Bonchev–Trinajstić information content (AvgIpc) is 2.47. The molecule has 1 N–H and O–H groups in total. The van der Waals surface area contributed by atoms with Gasteiger partial charge in [-0.2, -0.15) is 0 Å². The smallest absolute Gasteiger partial charge is 0.320 e. The van der Waals surface area contributed by atoms with Crippen molar-refractivity contribution < 1.29 is 19.4 Å². The van der Waals surface area contributed by atoms with Crippen LogP contribution in [0.5, 0.6) is 0 Å². The molecule has 1 aromatic heterocycles. The number of carboxylic acids is 1. The predicted octanol–water partition coefficient (Wildman–Crippen LogP) is 0.809. The number of morpholine rings is 1. The number of aliphatic carboxylic acids is 1. The Kier molecular flexibility index (Phi) is 5.10. The number of ether oxygens (including phenoxy) is 1. The Morgan fingerprint density at radius 3 is 3.05 bits per heavy atom. The maximum absolute atomic E-state index is 12.4. The van der Waals surface area contributed by atoms with E-state index in [2.05, 4.69) is 4.98 Å². The second-order valence-electron chi connectivity index (χ2n) is 5.04. The van der Waals surface area contributed by atoms with E-state index in [0.29, 0.717) is 26.2 Å². The van der Waals surface area contributed by atoms with Crippen molar-refractivity contribution in [2.75, 3.05) is 26.7 Å². The van der Waals surface area contributed by atoms with Gasteiger partial charge in [-0.15, -0.1) is 0 Å². The zero-order valence-corrected chi connectivity index (χ0v) is 11.9. The number of pyridine rings is 1. The summed E-state index contributed by atoms with van der Waals surface area (Å²) >= 11 is 0. The molecule has 21 heavy (non-hydrogen) atoms. The van der Waals surface area contributed by atoms with Crippen LogP contribution in [0, 0.1) is 0 Å². The van der Waals surface area contributed by atoms with Crippen molar-refractivity contribution in [1.29, 1.82) is 0 Å². The SMILES string of the molecule is CN(Cc1cccnc1)C(=O)N1CCOC(CC(=O)O)C1. The fourth-order valence-electron chi connectivity index (χ4n) is 2.29. The molecule has 0 aromatic carbocycles. The molecule has 2 heterocycles. The number of amides is 2. The Morgan fingerprint density at radius 1 is 1.57 bits per heavy atom. The fraction of sp³-hybridized carbons (Fsp3) is 0.500. The van der Waals surface area contributed by atoms with Gasteiger partial charge in [0, 0.05) is 39.1 Å². The molecule has 1 saturated heterocycles. The highest BCUT2D eigenvalue weighted by atomic mass is 16.5. The molecule has 7 nitrogen and oxygen atoms in total. The molecule has 0 aliphatic carbocycles. The maximum atomic E-state index is 12.4. The van der Waals surface area contributed by atoms with E-state index >= 15 is 0 Å². The van der Waals surface area contributed by atoms with Crippen molar-refractivity contribution in [3.63, 3.8) is 0 Å². The molecule has 1 unspecified atom stereocenters. The molecule has 1 aliphatic rings. The zero-order chi connectivity index (χ0) is 15.2. The molecule has 2 rings (SSSR count). The molecule has 114 valence electrons. The summed E-state index contributed by atoms with van der Waals surface area (Å²) in [6.45, 7) is 1.62. The molecule has 2 amide bonds. The van der Waals surface area contributed by atoms with Gasteiger partial charge in [-0.3, -0.25) is 9.78 Å². The van der Waals surface area contributed by atoms with E-state index in [0.717, 1.165) is 5.56 Å². The maximum Gasteiger partial charge on any atom is 0.320 e. The summed E-state index contributed by atoms with van der Waals surface area (Å²) in [5.41, 5.74) is 0.948. The van der Waals surface area contributed by atoms with Gasteiger partial charge in [0.25, 0.3) is 0 Å². The Labute approximate surface area is 123 Å². The van der Waals surface area contributed by atoms with E-state index in [1.54, 1.807) is 29.2 Å². The summed E-state index contributed by atoms with van der Waals surface area (Å²) in [6.07, 6.45) is 2.88. The van der Waals surface area contributed by atoms with Crippen LogP contribution in [0.3, 0.4) is 0 Å². The van der Waals surface area contributed by atoms with E-state index in [1.165, 1.54) is 0 Å². The third kappa shape index (κ3) is 4.42. The molecule has 0 radical (unpaired) electrons. The molecule has 0 spiro atoms. The molecule has 1 fully saturated rings. The summed E-state index contributed by atoms with van der Waals surface area (Å²) in [5.74, 6) is -0.919. The van der Waals surface area contributed by atoms with Crippen LogP contribution in [0.4, 0.5) is 4.79 Å². The largest absolute Gasteiger partial charge is 0.481 e. The predicted molar refractivity (Wildman–Crippen MR) is 74.7 cm³/mol. The number of rotatable bonds is 4. The number of hydrogen-bond donors (Lipinski definition) is 1. The number of carbonyl (C=O) groups is 2. The normalized spacial score (nSPS) is 18.3. The molecule has 0 bridgehead atoms. The third-order valence-corrected chi connectivity index (χ3v) is 3.28. The minimum absolute atomic E-state index is 0.0872. The van der Waals surface area contributed by atoms with Crippen molar-refractivity contribution >= 4 is 12.0 Å². The number of carbonyl (C=O) groups excluding carboxylic acids is 1. The van der Waals surface area contributed by atoms with Gasteiger partial charge >= 0.3 is 12.0 Å². The average molecular weight is 293 g/mol. The van der Waals surface area contributed by atoms with Gasteiger partial charge in [-0.05, 0) is 11.6 Å². The Balaban J connectivity index is 1.91. The summed E-state index contributed by atoms with van der Waals surface area (Å²) in [5, 5.41) is 8.79. The summed E-state index contributed by atoms with van der Waals surface area (Å²) in [4.78, 5) is 30.3. The van der Waals surface area contributed by atoms with Gasteiger partial charge in [0.2, 0.25) is 0 Å². The summed E-state index contributed by atoms with van der Waals surface area (Å²) in [7, 11) is 1.72. The Hall–Kier alpha value is -2.15. The lowest BCUT2D eigenvalue weighted by atomic mass is 10.2. The minimum atomic E-state index is -0.919. The second-order valence-corrected chi connectivity index (χ2v) is 5.04. The lowest BCUT2D eigenvalue weighted by Gasteiger charge is -2.34. The van der Waals surface area contributed by atoms with Gasteiger partial charge in [0.05, 0.1) is 19.1 Å². The van der Waals surface area contributed by atoms with Crippen LogP contribution in [0.1, 0.15) is 12.0 Å². The number of urea groups is 1. The van der Waals surface area contributed by atoms with Gasteiger partial charge in [-0.25, -0.2) is 4.79 Å². The van der Waals surface area contributed by atoms with Crippen molar-refractivity contribution in [1.82, 2.24) is 14.8 Å². The number of hydrogen-bond acceptors (Lipinski definition) is 4. The highest BCUT2D eigenvalue weighted by Crippen LogP contribution is 2.12. The minimum Gasteiger partial charge on any atom is -0.481 e. The highest BCUT2D eigenvalue weighted by molar-refractivity contribution is 5.74. The Morgan fingerprint density at radius 2 is 2.38 bits per heavy atom. The monoisotopic (exact) mass is 293 g/mol. The van der Waals surface area contributed by atoms with E-state index < -0.39 is 12.1 Å². The number of nitrogens with zero attached hydrogens (tertiary/aromatic N) is 3. The van der Waals surface area contributed by atoms with E-state index in [9.17, 15) is 9.59 Å². The summed E-state index contributed by atoms with van der Waals surface area (Å²) in [6, 6.07) is 3.60. The van der Waals surface area contributed by atoms with Crippen molar-refractivity contribution in [3.8, 4) is 0 Å². The molecule has 1 aromatic rings. The first-order valence-corrected chi connectivity index (χ1v) is 6.78. The molecule has 1 aliphatic heterocycles. The highest BCUT2D eigenvalue weighted by Gasteiger charge is 2.27. The molecule has 7 heteroatoms. The lowest BCUT2D eigenvalue weighted by Crippen LogP contribution is -2.50. The van der Waals surface area contributed by atoms with Crippen LogP contribution in [0.25, 0.3) is 0 Å². The van der Waals surface area contributed by atoms with Crippen molar-refractivity contribution in [2.45, 2.75) is 19.1 Å². The first-order chi connectivity index (χ1) is 10.1. The van der Waals surface area contributed by atoms with Gasteiger partial charge in [-0.1, -0.05) is 6.07 Å². The van der Waals surface area contributed by atoms with E-state index in [4.69, 9.17) is 9.84 Å². The van der Waals surface area contributed by atoms with Gasteiger partial charge in [0.1, 0.15) is 0 Å². The fourth-order valence-corrected chi connectivity index (χ4v) is 2.29. The second kappa shape index (κ2) is 7.03. The quantitative estimate of drug-likeness (QED) is 0.888. The van der Waals surface area contributed by atoms with Crippen molar-refractivity contribution in [3.05, 3.63) is 30.1 Å². The van der Waals surface area contributed by atoms with E-state index in [1.807, 2.05) is 12.1 Å². The molecule has 0 saturated carbocycles. The lowest BCUT2D eigenvalue weighted by molar-refractivity contribution is -0.141. The first kappa shape index (κ1) is 15.2. The number of aromatic nitrogens is 1. The Bertz CT molecular complexity index is 494. The molecular weight excluding hydrogens is 274 g/mol. The number of carboxylic acid groups (broad SMARTS) is 1. The molecular formula is C14H19N3O4. The van der Waals surface area contributed by atoms with Crippen LogP contribution in [0.15, 0.2) is 24.5 Å². The van der Waals surface area contributed by atoms with Crippen LogP contribution < -0.4 is 0 Å². The van der Waals surface area contributed by atoms with Crippen LogP contribution in [-0.4, -0.2) is 64.7 Å². The third-order valence-electron chi connectivity index (χ3n) is 3.28. The standard InChI is InChI=1S/C14H19N3O4/c1-16(9-11-3-2-4-15-8-11)14(20)17-5-6-21-12(10-17)7-13(18)19/h2-4,8,12H,5-7,9-10H2,1H3,(H,18,19). The zero-order valence-electron chi connectivity index (χ0n) is 11.9. The van der Waals surface area contributed by atoms with Crippen molar-refractivity contribution in [2.24, 2.45) is 0 Å². The van der Waals surface area contributed by atoms with Gasteiger partial charge in [0.15, 0.2) is 0 Å². The topological polar surface area (TPSA) is 83.0 Å².